The van der Waals surface area contributed by atoms with Crippen LogP contribution in [-0.2, 0) is 18.3 Å². The Balaban J connectivity index is 2.57. The molecule has 0 bridgehead atoms. The molecular weight excluding hydrogens is 276 g/mol. The predicted molar refractivity (Wildman–Crippen MR) is 81.2 cm³/mol. The smallest absolute Gasteiger partial charge is 0.158 e. The zero-order chi connectivity index (χ0) is 15.1. The summed E-state index contributed by atoms with van der Waals surface area (Å²) >= 11 is 6.29. The predicted octanol–water partition coefficient (Wildman–Crippen LogP) is 3.19. The maximum absolute atomic E-state index is 6.29. The van der Waals surface area contributed by atoms with E-state index in [4.69, 9.17) is 16.3 Å². The molecule has 2 aromatic rings. The Labute approximate surface area is 124 Å². The van der Waals surface area contributed by atoms with Crippen LogP contribution < -0.4 is 0 Å². The van der Waals surface area contributed by atoms with Crippen molar-refractivity contribution in [3.8, 4) is 0 Å². The molecular formula is C14H23ClN4O. The highest BCUT2D eigenvalue weighted by Gasteiger charge is 2.26. The Hall–Kier alpha value is -1.07. The van der Waals surface area contributed by atoms with Gasteiger partial charge in [0.1, 0.15) is 11.3 Å². The largest absolute Gasteiger partial charge is 0.374 e. The van der Waals surface area contributed by atoms with Gasteiger partial charge in [0, 0.05) is 13.7 Å². The molecule has 0 aliphatic carbocycles. The second-order valence-corrected chi connectivity index (χ2v) is 6.40. The van der Waals surface area contributed by atoms with E-state index >= 15 is 0 Å². The van der Waals surface area contributed by atoms with Crippen molar-refractivity contribution in [3.63, 3.8) is 0 Å². The van der Waals surface area contributed by atoms with Crippen molar-refractivity contribution in [2.45, 2.75) is 52.1 Å². The molecule has 20 heavy (non-hydrogen) atoms. The van der Waals surface area contributed by atoms with Crippen molar-refractivity contribution >= 4 is 22.8 Å². The maximum Gasteiger partial charge on any atom is 0.158 e. The minimum absolute atomic E-state index is 0.153. The van der Waals surface area contributed by atoms with Gasteiger partial charge >= 0.3 is 0 Å². The molecule has 0 spiro atoms. The lowest BCUT2D eigenvalue weighted by Gasteiger charge is -2.26. The Morgan fingerprint density at radius 1 is 1.40 bits per heavy atom. The van der Waals surface area contributed by atoms with Gasteiger partial charge in [-0.3, -0.25) is 4.68 Å². The standard InChI is InChI=1S/C14H23ClN4O/c1-7-20-14(4,5)8-19-12(9(2)15)16-11-10(3)17-18(6)13(11)19/h9H,7-8H2,1-6H3. The zero-order valence-corrected chi connectivity index (χ0v) is 13.8. The molecule has 0 radical (unpaired) electrons. The SMILES string of the molecule is CCOC(C)(C)Cn1c(C(C)Cl)nc2c(C)nn(C)c21. The summed E-state index contributed by atoms with van der Waals surface area (Å²) in [6.07, 6.45) is 0. The van der Waals surface area contributed by atoms with Crippen LogP contribution in [0.5, 0.6) is 0 Å². The lowest BCUT2D eigenvalue weighted by molar-refractivity contribution is -0.0223. The van der Waals surface area contributed by atoms with Gasteiger partial charge in [-0.25, -0.2) is 4.98 Å². The van der Waals surface area contributed by atoms with Crippen LogP contribution >= 0.6 is 11.6 Å². The topological polar surface area (TPSA) is 44.9 Å². The van der Waals surface area contributed by atoms with E-state index in [1.165, 1.54) is 0 Å². The van der Waals surface area contributed by atoms with Gasteiger partial charge in [-0.05, 0) is 34.6 Å². The highest BCUT2D eigenvalue weighted by molar-refractivity contribution is 6.20. The average molecular weight is 299 g/mol. The molecule has 1 atom stereocenters. The summed E-state index contributed by atoms with van der Waals surface area (Å²) in [5, 5.41) is 4.28. The first kappa shape index (κ1) is 15.3. The van der Waals surface area contributed by atoms with Crippen LogP contribution in [-0.4, -0.2) is 31.5 Å². The van der Waals surface area contributed by atoms with Crippen LogP contribution in [0.25, 0.3) is 11.2 Å². The number of hydrogen-bond donors (Lipinski definition) is 0. The normalized spacial score (nSPS) is 14.2. The Bertz CT molecular complexity index is 612. The van der Waals surface area contributed by atoms with Crippen molar-refractivity contribution in [3.05, 3.63) is 11.5 Å². The number of ether oxygens (including phenoxy) is 1. The molecule has 0 amide bonds. The summed E-state index contributed by atoms with van der Waals surface area (Å²) in [5.41, 5.74) is 2.57. The molecule has 0 aliphatic rings. The van der Waals surface area contributed by atoms with Gasteiger partial charge in [0.15, 0.2) is 5.65 Å². The molecule has 0 fully saturated rings. The lowest BCUT2D eigenvalue weighted by Crippen LogP contribution is -2.31. The van der Waals surface area contributed by atoms with E-state index < -0.39 is 0 Å². The van der Waals surface area contributed by atoms with Crippen LogP contribution in [0.3, 0.4) is 0 Å². The summed E-state index contributed by atoms with van der Waals surface area (Å²) in [6, 6.07) is 0. The minimum atomic E-state index is -0.277. The molecule has 0 aromatic carbocycles. The third-order valence-electron chi connectivity index (χ3n) is 3.35. The number of alkyl halides is 1. The first-order chi connectivity index (χ1) is 9.26. The van der Waals surface area contributed by atoms with Crippen LogP contribution in [0.15, 0.2) is 0 Å². The highest BCUT2D eigenvalue weighted by atomic mass is 35.5. The van der Waals surface area contributed by atoms with Crippen LogP contribution in [0.4, 0.5) is 0 Å². The molecule has 6 heteroatoms. The van der Waals surface area contributed by atoms with Gasteiger partial charge < -0.3 is 9.30 Å². The van der Waals surface area contributed by atoms with Gasteiger partial charge in [-0.2, -0.15) is 5.10 Å². The number of nitrogens with zero attached hydrogens (tertiary/aromatic N) is 4. The molecule has 0 saturated carbocycles. The number of rotatable bonds is 5. The summed E-state index contributed by atoms with van der Waals surface area (Å²) < 4.78 is 9.80. The molecule has 112 valence electrons. The number of halogens is 1. The molecule has 0 aliphatic heterocycles. The quantitative estimate of drug-likeness (QED) is 0.796. The Kier molecular flexibility index (Phi) is 4.12. The second-order valence-electron chi connectivity index (χ2n) is 5.75. The molecule has 1 unspecified atom stereocenters. The highest BCUT2D eigenvalue weighted by Crippen LogP contribution is 2.28. The van der Waals surface area contributed by atoms with E-state index in [2.05, 4.69) is 28.5 Å². The van der Waals surface area contributed by atoms with Gasteiger partial charge in [-0.15, -0.1) is 11.6 Å². The molecule has 5 nitrogen and oxygen atoms in total. The molecule has 2 rings (SSSR count). The van der Waals surface area contributed by atoms with Crippen molar-refractivity contribution in [2.24, 2.45) is 7.05 Å². The molecule has 2 heterocycles. The summed E-state index contributed by atoms with van der Waals surface area (Å²) in [6.45, 7) is 11.4. The number of imidazole rings is 1. The zero-order valence-electron chi connectivity index (χ0n) is 13.1. The molecule has 0 saturated heterocycles. The molecule has 2 aromatic heterocycles. The maximum atomic E-state index is 6.29. The first-order valence-corrected chi connectivity index (χ1v) is 7.38. The van der Waals surface area contributed by atoms with Gasteiger partial charge in [0.2, 0.25) is 0 Å². The third-order valence-corrected chi connectivity index (χ3v) is 3.54. The van der Waals surface area contributed by atoms with E-state index in [1.54, 1.807) is 0 Å². The molecule has 0 N–H and O–H groups in total. The van der Waals surface area contributed by atoms with Gasteiger partial charge in [0.05, 0.1) is 23.2 Å². The van der Waals surface area contributed by atoms with E-state index in [9.17, 15) is 0 Å². The Morgan fingerprint density at radius 3 is 2.60 bits per heavy atom. The van der Waals surface area contributed by atoms with Crippen LogP contribution in [0, 0.1) is 6.92 Å². The fraction of sp³-hybridized carbons (Fsp3) is 0.714. The van der Waals surface area contributed by atoms with E-state index in [-0.39, 0.29) is 11.0 Å². The number of aryl methyl sites for hydroxylation is 2. The first-order valence-electron chi connectivity index (χ1n) is 6.94. The van der Waals surface area contributed by atoms with Crippen molar-refractivity contribution in [2.75, 3.05) is 6.61 Å². The Morgan fingerprint density at radius 2 is 2.05 bits per heavy atom. The minimum Gasteiger partial charge on any atom is -0.374 e. The summed E-state index contributed by atoms with van der Waals surface area (Å²) in [7, 11) is 1.93. The number of aromatic nitrogens is 4. The number of hydrogen-bond acceptors (Lipinski definition) is 3. The van der Waals surface area contributed by atoms with Crippen molar-refractivity contribution in [1.82, 2.24) is 19.3 Å². The van der Waals surface area contributed by atoms with E-state index in [0.717, 1.165) is 22.7 Å². The van der Waals surface area contributed by atoms with Crippen LogP contribution in [0.2, 0.25) is 0 Å². The fourth-order valence-electron chi connectivity index (χ4n) is 2.63. The van der Waals surface area contributed by atoms with Crippen LogP contribution in [0.1, 0.15) is 44.6 Å². The van der Waals surface area contributed by atoms with E-state index in [1.807, 2.05) is 32.5 Å². The third kappa shape index (κ3) is 2.69. The van der Waals surface area contributed by atoms with Gasteiger partial charge in [-0.1, -0.05) is 0 Å². The monoisotopic (exact) mass is 298 g/mol. The summed E-state index contributed by atoms with van der Waals surface area (Å²) in [4.78, 5) is 4.67. The lowest BCUT2D eigenvalue weighted by atomic mass is 10.1. The average Bonchev–Trinajstić information content (AvgIpc) is 2.79. The summed E-state index contributed by atoms with van der Waals surface area (Å²) in [5.74, 6) is 0.866. The van der Waals surface area contributed by atoms with Crippen molar-refractivity contribution < 1.29 is 4.74 Å². The van der Waals surface area contributed by atoms with E-state index in [0.29, 0.717) is 13.2 Å². The van der Waals surface area contributed by atoms with Crippen molar-refractivity contribution in [1.29, 1.82) is 0 Å². The second kappa shape index (κ2) is 5.37. The number of fused-ring (bicyclic) bond motifs is 1. The fourth-order valence-corrected chi connectivity index (χ4v) is 2.79. The van der Waals surface area contributed by atoms with Gasteiger partial charge in [0.25, 0.3) is 0 Å².